The summed E-state index contributed by atoms with van der Waals surface area (Å²) in [5, 5.41) is 18.6. The first-order valence-corrected chi connectivity index (χ1v) is 5.22. The van der Waals surface area contributed by atoms with E-state index in [1.54, 1.807) is 6.92 Å². The molecular weight excluding hydrogens is 200 g/mol. The zero-order valence-electron chi connectivity index (χ0n) is 10.4. The lowest BCUT2D eigenvalue weighted by Gasteiger charge is -2.06. The molecule has 0 aromatic heterocycles. The van der Waals surface area contributed by atoms with Gasteiger partial charge < -0.3 is 10.2 Å². The van der Waals surface area contributed by atoms with E-state index < -0.39 is 0 Å². The Hall–Kier alpha value is -1.70. The van der Waals surface area contributed by atoms with Crippen LogP contribution in [0.5, 0.6) is 0 Å². The lowest BCUT2D eigenvalue weighted by Crippen LogP contribution is -1.91. The lowest BCUT2D eigenvalue weighted by molar-refractivity contribution is 0.419. The highest BCUT2D eigenvalue weighted by Gasteiger charge is 2.04. The summed E-state index contributed by atoms with van der Waals surface area (Å²) in [5.74, 6) is 0.186. The van der Waals surface area contributed by atoms with Crippen LogP contribution >= 0.6 is 0 Å². The first-order valence-electron chi connectivity index (χ1n) is 5.22. The average Bonchev–Trinajstić information content (AvgIpc) is 2.23. The van der Waals surface area contributed by atoms with E-state index in [9.17, 15) is 5.11 Å². The Labute approximate surface area is 97.6 Å². The van der Waals surface area contributed by atoms with Crippen molar-refractivity contribution >= 4 is 0 Å². The maximum absolute atomic E-state index is 9.96. The Morgan fingerprint density at radius 3 is 2.06 bits per heavy atom. The summed E-state index contributed by atoms with van der Waals surface area (Å²) in [4.78, 5) is 0. The highest BCUT2D eigenvalue weighted by atomic mass is 16.3. The minimum absolute atomic E-state index is 0.186. The van der Waals surface area contributed by atoms with Crippen LogP contribution in [0.4, 0.5) is 0 Å². The quantitative estimate of drug-likeness (QED) is 0.546. The summed E-state index contributed by atoms with van der Waals surface area (Å²) in [6.45, 7) is 7.54. The van der Waals surface area contributed by atoms with Gasteiger partial charge in [-0.25, -0.2) is 0 Å². The third kappa shape index (κ3) is 4.69. The van der Waals surface area contributed by atoms with Crippen LogP contribution in [0.25, 0.3) is 0 Å². The van der Waals surface area contributed by atoms with Crippen LogP contribution in [0.1, 0.15) is 27.7 Å². The van der Waals surface area contributed by atoms with Crippen LogP contribution in [-0.4, -0.2) is 10.2 Å². The van der Waals surface area contributed by atoms with E-state index in [4.69, 9.17) is 5.11 Å². The zero-order valence-corrected chi connectivity index (χ0v) is 10.4. The van der Waals surface area contributed by atoms with E-state index in [2.05, 4.69) is 0 Å². The molecule has 0 saturated carbocycles. The molecule has 0 aliphatic heterocycles. The summed E-state index contributed by atoms with van der Waals surface area (Å²) in [6, 6.07) is 0. The summed E-state index contributed by atoms with van der Waals surface area (Å²) >= 11 is 0. The van der Waals surface area contributed by atoms with E-state index in [0.29, 0.717) is 5.57 Å². The molecule has 0 amide bonds. The predicted molar refractivity (Wildman–Crippen MR) is 69.4 cm³/mol. The van der Waals surface area contributed by atoms with E-state index in [1.807, 2.05) is 45.1 Å². The first kappa shape index (κ1) is 14.3. The Morgan fingerprint density at radius 2 is 1.62 bits per heavy atom. The van der Waals surface area contributed by atoms with E-state index in [-0.39, 0.29) is 5.76 Å². The van der Waals surface area contributed by atoms with E-state index >= 15 is 0 Å². The molecule has 0 radical (unpaired) electrons. The molecule has 0 aromatic rings. The monoisotopic (exact) mass is 220 g/mol. The largest absolute Gasteiger partial charge is 0.516 e. The molecule has 88 valence electrons. The van der Waals surface area contributed by atoms with Crippen molar-refractivity contribution in [1.29, 1.82) is 0 Å². The predicted octanol–water partition coefficient (Wildman–Crippen LogP) is 4.36. The van der Waals surface area contributed by atoms with Gasteiger partial charge >= 0.3 is 0 Å². The molecule has 0 aliphatic rings. The van der Waals surface area contributed by atoms with Crippen molar-refractivity contribution in [1.82, 2.24) is 0 Å². The number of allylic oxidation sites excluding steroid dienone is 7. The van der Waals surface area contributed by atoms with Crippen LogP contribution in [0.2, 0.25) is 0 Å². The highest BCUT2D eigenvalue weighted by molar-refractivity contribution is 5.43. The van der Waals surface area contributed by atoms with Crippen molar-refractivity contribution in [2.24, 2.45) is 0 Å². The molecule has 0 atom stereocenters. The normalized spacial score (nSPS) is 13.8. The topological polar surface area (TPSA) is 40.5 Å². The number of hydrogen-bond donors (Lipinski definition) is 2. The Morgan fingerprint density at radius 1 is 1.00 bits per heavy atom. The smallest absolute Gasteiger partial charge is 0.125 e. The molecule has 0 rings (SSSR count). The molecule has 0 aliphatic carbocycles. The Bertz CT molecular complexity index is 362. The Balaban J connectivity index is 5.26. The van der Waals surface area contributed by atoms with Crippen LogP contribution in [0, 0.1) is 0 Å². The van der Waals surface area contributed by atoms with Crippen molar-refractivity contribution < 1.29 is 10.2 Å². The maximum atomic E-state index is 9.96. The molecule has 0 fully saturated rings. The molecule has 2 N–H and O–H groups in total. The molecule has 0 spiro atoms. The number of hydrogen-bond acceptors (Lipinski definition) is 2. The third-order valence-corrected chi connectivity index (χ3v) is 2.06. The second-order valence-electron chi connectivity index (χ2n) is 3.65. The van der Waals surface area contributed by atoms with Gasteiger partial charge in [-0.3, -0.25) is 0 Å². The first-order chi connectivity index (χ1) is 7.54. The van der Waals surface area contributed by atoms with Crippen LogP contribution < -0.4 is 0 Å². The SMILES string of the molecule is C/C=C\C=C\C(=C(C)C)/C(O)=C(C)\C=C\O. The van der Waals surface area contributed by atoms with Crippen LogP contribution in [0.15, 0.2) is 59.1 Å². The molecule has 0 aromatic carbocycles. The van der Waals surface area contributed by atoms with Crippen LogP contribution in [-0.2, 0) is 0 Å². The minimum Gasteiger partial charge on any atom is -0.516 e. The average molecular weight is 220 g/mol. The van der Waals surface area contributed by atoms with Gasteiger partial charge in [0.25, 0.3) is 0 Å². The molecule has 2 nitrogen and oxygen atoms in total. The van der Waals surface area contributed by atoms with Crippen molar-refractivity contribution in [2.45, 2.75) is 27.7 Å². The Kier molecular flexibility index (Phi) is 6.77. The maximum Gasteiger partial charge on any atom is 0.125 e. The van der Waals surface area contributed by atoms with Crippen molar-refractivity contribution in [3.8, 4) is 0 Å². The molecule has 0 bridgehead atoms. The fourth-order valence-electron chi connectivity index (χ4n) is 1.15. The standard InChI is InChI=1S/C14H20O2/c1-5-6-7-8-13(11(2)3)14(16)12(4)9-10-15/h5-10,15-16H,1-4H3/b6-5-,8-7+,10-9+,14-12+. The van der Waals surface area contributed by atoms with E-state index in [0.717, 1.165) is 17.4 Å². The van der Waals surface area contributed by atoms with Gasteiger partial charge in [0.1, 0.15) is 5.76 Å². The molecular formula is C14H20O2. The van der Waals surface area contributed by atoms with Crippen LogP contribution in [0.3, 0.4) is 0 Å². The summed E-state index contributed by atoms with van der Waals surface area (Å²) < 4.78 is 0. The van der Waals surface area contributed by atoms with Crippen molar-refractivity contribution in [3.63, 3.8) is 0 Å². The van der Waals surface area contributed by atoms with Gasteiger partial charge in [-0.15, -0.1) is 0 Å². The van der Waals surface area contributed by atoms with Crippen molar-refractivity contribution in [3.05, 3.63) is 59.1 Å². The van der Waals surface area contributed by atoms with Gasteiger partial charge in [-0.1, -0.05) is 29.9 Å². The van der Waals surface area contributed by atoms with Gasteiger partial charge in [-0.2, -0.15) is 0 Å². The van der Waals surface area contributed by atoms with Gasteiger partial charge in [0.15, 0.2) is 0 Å². The molecule has 2 heteroatoms. The fourth-order valence-corrected chi connectivity index (χ4v) is 1.15. The van der Waals surface area contributed by atoms with Crippen molar-refractivity contribution in [2.75, 3.05) is 0 Å². The summed E-state index contributed by atoms with van der Waals surface area (Å²) in [7, 11) is 0. The lowest BCUT2D eigenvalue weighted by atomic mass is 10.0. The highest BCUT2D eigenvalue weighted by Crippen LogP contribution is 2.18. The fraction of sp³-hybridized carbons (Fsp3) is 0.286. The molecule has 0 saturated heterocycles. The van der Waals surface area contributed by atoms with E-state index in [1.165, 1.54) is 6.08 Å². The minimum atomic E-state index is 0.186. The van der Waals surface area contributed by atoms with Gasteiger partial charge in [0.05, 0.1) is 6.26 Å². The summed E-state index contributed by atoms with van der Waals surface area (Å²) in [6.07, 6.45) is 9.91. The summed E-state index contributed by atoms with van der Waals surface area (Å²) in [5.41, 5.74) is 2.42. The second-order valence-corrected chi connectivity index (χ2v) is 3.65. The molecule has 0 heterocycles. The third-order valence-electron chi connectivity index (χ3n) is 2.06. The second kappa shape index (κ2) is 7.57. The molecule has 0 unspecified atom stereocenters. The number of aliphatic hydroxyl groups is 2. The molecule has 16 heavy (non-hydrogen) atoms. The zero-order chi connectivity index (χ0) is 12.6. The van der Waals surface area contributed by atoms with Gasteiger partial charge in [0, 0.05) is 5.57 Å². The number of aliphatic hydroxyl groups excluding tert-OH is 2. The van der Waals surface area contributed by atoms with Gasteiger partial charge in [-0.05, 0) is 39.3 Å². The number of rotatable bonds is 4. The van der Waals surface area contributed by atoms with Gasteiger partial charge in [0.2, 0.25) is 0 Å².